The molecule has 0 aromatic carbocycles. The van der Waals surface area contributed by atoms with Crippen molar-refractivity contribution in [2.75, 3.05) is 6.54 Å². The highest BCUT2D eigenvalue weighted by molar-refractivity contribution is 5.79. The van der Waals surface area contributed by atoms with Crippen LogP contribution in [0.25, 0.3) is 0 Å². The lowest BCUT2D eigenvalue weighted by Gasteiger charge is -2.25. The smallest absolute Gasteiger partial charge is 0.205 e. The molecule has 0 bridgehead atoms. The highest BCUT2D eigenvalue weighted by Crippen LogP contribution is 2.51. The number of aliphatic imine (C=N–C) groups is 1. The second-order valence-electron chi connectivity index (χ2n) is 6.31. The number of rotatable bonds is 4. The maximum atomic E-state index is 5.57. The van der Waals surface area contributed by atoms with Crippen LogP contribution in [0.5, 0.6) is 0 Å². The highest BCUT2D eigenvalue weighted by atomic mass is 15.3. The van der Waals surface area contributed by atoms with Crippen LogP contribution < -0.4 is 16.6 Å². The Morgan fingerprint density at radius 3 is 2.44 bits per heavy atom. The number of nitrogens with two attached hydrogens (primary N) is 1. The van der Waals surface area contributed by atoms with Gasteiger partial charge >= 0.3 is 0 Å². The maximum absolute atomic E-state index is 5.57. The summed E-state index contributed by atoms with van der Waals surface area (Å²) in [6.45, 7) is 5.50. The minimum Gasteiger partial charge on any atom is -0.353 e. The van der Waals surface area contributed by atoms with Crippen molar-refractivity contribution >= 4 is 5.96 Å². The van der Waals surface area contributed by atoms with Crippen LogP contribution >= 0.6 is 0 Å². The molecule has 104 valence electrons. The highest BCUT2D eigenvalue weighted by Gasteiger charge is 2.45. The molecule has 0 heterocycles. The molecule has 0 radical (unpaired) electrons. The molecule has 4 N–H and O–H groups in total. The lowest BCUT2D eigenvalue weighted by Crippen LogP contribution is -2.47. The van der Waals surface area contributed by atoms with Gasteiger partial charge in [-0.2, -0.15) is 0 Å². The van der Waals surface area contributed by atoms with E-state index < -0.39 is 0 Å². The lowest BCUT2D eigenvalue weighted by atomic mass is 9.93. The zero-order valence-corrected chi connectivity index (χ0v) is 11.8. The fourth-order valence-corrected chi connectivity index (χ4v) is 2.89. The van der Waals surface area contributed by atoms with Crippen LogP contribution in [0.15, 0.2) is 4.99 Å². The number of guanidine groups is 1. The third-order valence-corrected chi connectivity index (χ3v) is 4.75. The SMILES string of the molecule is CC(C)C1(CN=C(NN)NC2CCCCC2)CC1. The Labute approximate surface area is 111 Å². The van der Waals surface area contributed by atoms with Crippen molar-refractivity contribution in [3.63, 3.8) is 0 Å². The molecule has 0 atom stereocenters. The topological polar surface area (TPSA) is 62.4 Å². The Bertz CT molecular complexity index is 288. The Hall–Kier alpha value is -0.770. The van der Waals surface area contributed by atoms with E-state index in [2.05, 4.69) is 29.6 Å². The molecule has 4 nitrogen and oxygen atoms in total. The first-order valence-electron chi connectivity index (χ1n) is 7.44. The van der Waals surface area contributed by atoms with Crippen LogP contribution in [0.2, 0.25) is 0 Å². The lowest BCUT2D eigenvalue weighted by molar-refractivity contribution is 0.368. The van der Waals surface area contributed by atoms with Gasteiger partial charge in [0.25, 0.3) is 0 Å². The van der Waals surface area contributed by atoms with Crippen molar-refractivity contribution in [1.82, 2.24) is 10.7 Å². The van der Waals surface area contributed by atoms with E-state index in [1.165, 1.54) is 44.9 Å². The van der Waals surface area contributed by atoms with Crippen molar-refractivity contribution in [3.05, 3.63) is 0 Å². The zero-order valence-electron chi connectivity index (χ0n) is 11.8. The molecule has 2 aliphatic carbocycles. The average molecular weight is 252 g/mol. The first-order valence-corrected chi connectivity index (χ1v) is 7.44. The van der Waals surface area contributed by atoms with Gasteiger partial charge in [0.1, 0.15) is 0 Å². The third kappa shape index (κ3) is 3.37. The molecule has 0 unspecified atom stereocenters. The van der Waals surface area contributed by atoms with E-state index in [0.29, 0.717) is 11.5 Å². The largest absolute Gasteiger partial charge is 0.353 e. The van der Waals surface area contributed by atoms with Crippen LogP contribution in [0.1, 0.15) is 58.8 Å². The molecule has 2 rings (SSSR count). The van der Waals surface area contributed by atoms with Gasteiger partial charge in [-0.3, -0.25) is 10.4 Å². The molecule has 18 heavy (non-hydrogen) atoms. The summed E-state index contributed by atoms with van der Waals surface area (Å²) in [5, 5.41) is 3.46. The molecular weight excluding hydrogens is 224 g/mol. The predicted octanol–water partition coefficient (Wildman–Crippen LogP) is 2.16. The van der Waals surface area contributed by atoms with Gasteiger partial charge in [0, 0.05) is 12.6 Å². The minimum absolute atomic E-state index is 0.455. The maximum Gasteiger partial charge on any atom is 0.205 e. The van der Waals surface area contributed by atoms with E-state index in [4.69, 9.17) is 5.84 Å². The van der Waals surface area contributed by atoms with Crippen molar-refractivity contribution < 1.29 is 0 Å². The molecular formula is C14H28N4. The summed E-state index contributed by atoms with van der Waals surface area (Å²) in [5.74, 6) is 7.08. The molecule has 4 heteroatoms. The molecule has 0 aliphatic heterocycles. The first kappa shape index (κ1) is 13.7. The summed E-state index contributed by atoms with van der Waals surface area (Å²) >= 11 is 0. The summed E-state index contributed by atoms with van der Waals surface area (Å²) < 4.78 is 0. The average Bonchev–Trinajstić information content (AvgIpc) is 3.17. The van der Waals surface area contributed by atoms with Gasteiger partial charge in [0.05, 0.1) is 0 Å². The molecule has 2 fully saturated rings. The Morgan fingerprint density at radius 1 is 1.28 bits per heavy atom. The molecule has 0 saturated heterocycles. The number of hydrogen-bond donors (Lipinski definition) is 3. The molecule has 0 aromatic heterocycles. The zero-order chi connectivity index (χ0) is 13.0. The summed E-state index contributed by atoms with van der Waals surface area (Å²) in [7, 11) is 0. The monoisotopic (exact) mass is 252 g/mol. The predicted molar refractivity (Wildman–Crippen MR) is 76.1 cm³/mol. The van der Waals surface area contributed by atoms with Crippen molar-refractivity contribution in [1.29, 1.82) is 0 Å². The second kappa shape index (κ2) is 5.91. The van der Waals surface area contributed by atoms with E-state index in [1.54, 1.807) is 0 Å². The van der Waals surface area contributed by atoms with Crippen molar-refractivity contribution in [2.45, 2.75) is 64.8 Å². The third-order valence-electron chi connectivity index (χ3n) is 4.75. The van der Waals surface area contributed by atoms with Crippen molar-refractivity contribution in [3.8, 4) is 0 Å². The fraction of sp³-hybridized carbons (Fsp3) is 0.929. The molecule has 2 aliphatic rings. The number of nitrogens with one attached hydrogen (secondary N) is 2. The van der Waals surface area contributed by atoms with Gasteiger partial charge < -0.3 is 5.32 Å². The Kier molecular flexibility index (Phi) is 4.49. The van der Waals surface area contributed by atoms with Gasteiger partial charge in [0.15, 0.2) is 0 Å². The van der Waals surface area contributed by atoms with Crippen LogP contribution in [-0.4, -0.2) is 18.5 Å². The van der Waals surface area contributed by atoms with Crippen LogP contribution in [0.3, 0.4) is 0 Å². The summed E-state index contributed by atoms with van der Waals surface area (Å²) in [6, 6.07) is 0.558. The van der Waals surface area contributed by atoms with Gasteiger partial charge in [-0.05, 0) is 37.0 Å². The minimum atomic E-state index is 0.455. The second-order valence-corrected chi connectivity index (χ2v) is 6.31. The summed E-state index contributed by atoms with van der Waals surface area (Å²) in [6.07, 6.45) is 9.14. The molecule has 2 saturated carbocycles. The summed E-state index contributed by atoms with van der Waals surface area (Å²) in [4.78, 5) is 4.66. The first-order chi connectivity index (χ1) is 8.66. The number of nitrogens with zero attached hydrogens (tertiary/aromatic N) is 1. The van der Waals surface area contributed by atoms with Gasteiger partial charge in [0.2, 0.25) is 5.96 Å². The van der Waals surface area contributed by atoms with Gasteiger partial charge in [-0.15, -0.1) is 0 Å². The normalized spacial score (nSPS) is 24.1. The van der Waals surface area contributed by atoms with E-state index in [1.807, 2.05) is 0 Å². The van der Waals surface area contributed by atoms with E-state index >= 15 is 0 Å². The van der Waals surface area contributed by atoms with E-state index in [0.717, 1.165) is 18.4 Å². The quantitative estimate of drug-likeness (QED) is 0.311. The number of hydrogen-bond acceptors (Lipinski definition) is 2. The molecule has 0 amide bonds. The Morgan fingerprint density at radius 2 is 1.94 bits per heavy atom. The van der Waals surface area contributed by atoms with E-state index in [9.17, 15) is 0 Å². The fourth-order valence-electron chi connectivity index (χ4n) is 2.89. The molecule has 0 aromatic rings. The van der Waals surface area contributed by atoms with Crippen molar-refractivity contribution in [2.24, 2.45) is 22.2 Å². The van der Waals surface area contributed by atoms with Crippen LogP contribution in [0, 0.1) is 11.3 Å². The van der Waals surface area contributed by atoms with Gasteiger partial charge in [-0.1, -0.05) is 33.1 Å². The standard InChI is InChI=1S/C14H28N4/c1-11(2)14(8-9-14)10-16-13(18-15)17-12-6-4-3-5-7-12/h11-12H,3-10,15H2,1-2H3,(H2,16,17,18). The van der Waals surface area contributed by atoms with Crippen LogP contribution in [0.4, 0.5) is 0 Å². The van der Waals surface area contributed by atoms with Gasteiger partial charge in [-0.25, -0.2) is 5.84 Å². The Balaban J connectivity index is 1.83. The molecule has 0 spiro atoms. The number of hydrazine groups is 1. The summed E-state index contributed by atoms with van der Waals surface area (Å²) in [5.41, 5.74) is 3.18. The van der Waals surface area contributed by atoms with Crippen LogP contribution in [-0.2, 0) is 0 Å². The van der Waals surface area contributed by atoms with E-state index in [-0.39, 0.29) is 0 Å².